The van der Waals surface area contributed by atoms with Crippen LogP contribution in [0.2, 0.25) is 0 Å². The molecule has 0 spiro atoms. The summed E-state index contributed by atoms with van der Waals surface area (Å²) in [5.41, 5.74) is 24.8. The van der Waals surface area contributed by atoms with Crippen molar-refractivity contribution in [3.8, 4) is 0 Å². The van der Waals surface area contributed by atoms with E-state index in [0.29, 0.717) is 31.6 Å². The highest BCUT2D eigenvalue weighted by molar-refractivity contribution is 5.71. The van der Waals surface area contributed by atoms with Gasteiger partial charge in [0.2, 0.25) is 0 Å². The van der Waals surface area contributed by atoms with Gasteiger partial charge in [0.15, 0.2) is 6.29 Å². The van der Waals surface area contributed by atoms with Gasteiger partial charge in [0, 0.05) is 133 Å². The van der Waals surface area contributed by atoms with Gasteiger partial charge in [0.25, 0.3) is 0 Å². The van der Waals surface area contributed by atoms with E-state index < -0.39 is 0 Å². The van der Waals surface area contributed by atoms with E-state index in [1.54, 1.807) is 16.7 Å². The third-order valence-corrected chi connectivity index (χ3v) is 32.3. The van der Waals surface area contributed by atoms with Gasteiger partial charge >= 0.3 is 23.9 Å². The number of unbranched alkanes of at least 4 members (excludes halogenated alkanes) is 10. The molecule has 14 nitrogen and oxygen atoms in total. The molecular formula is C132H228N4O10. The second kappa shape index (κ2) is 52.2. The van der Waals surface area contributed by atoms with E-state index in [0.717, 1.165) is 159 Å². The predicted octanol–water partition coefficient (Wildman–Crippen LogP) is 34.3. The lowest BCUT2D eigenvalue weighted by atomic mass is 9.72. The minimum Gasteiger partial charge on any atom is -0.462 e. The van der Waals surface area contributed by atoms with E-state index in [4.69, 9.17) is 28.4 Å². The summed E-state index contributed by atoms with van der Waals surface area (Å²) in [6.45, 7) is 110. The van der Waals surface area contributed by atoms with Gasteiger partial charge in [-0.05, 0) is 345 Å². The maximum Gasteiger partial charge on any atom is 0.306 e. The van der Waals surface area contributed by atoms with Gasteiger partial charge in [-0.25, -0.2) is 0 Å². The fourth-order valence-corrected chi connectivity index (χ4v) is 25.0. The zero-order valence-corrected chi connectivity index (χ0v) is 104. The Labute approximate surface area is 899 Å². The molecule has 0 unspecified atom stereocenters. The number of hydrogen-bond acceptors (Lipinski definition) is 14. The maximum atomic E-state index is 12.4. The summed E-state index contributed by atoms with van der Waals surface area (Å²) >= 11 is 0. The maximum absolute atomic E-state index is 12.4. The molecule has 0 bridgehead atoms. The zero-order valence-electron chi connectivity index (χ0n) is 104. The molecule has 6 aliphatic rings. The number of benzene rings is 4. The van der Waals surface area contributed by atoms with Crippen LogP contribution in [0.4, 0.5) is 0 Å². The third kappa shape index (κ3) is 42.4. The van der Waals surface area contributed by atoms with Gasteiger partial charge in [0.05, 0.1) is 13.2 Å². The summed E-state index contributed by atoms with van der Waals surface area (Å²) in [5, 5.41) is 7.25. The lowest BCUT2D eigenvalue weighted by Crippen LogP contribution is -2.60. The second-order valence-corrected chi connectivity index (χ2v) is 60.0. The van der Waals surface area contributed by atoms with Crippen LogP contribution in [0.5, 0.6) is 0 Å². The smallest absolute Gasteiger partial charge is 0.306 e. The monoisotopic (exact) mass is 2030 g/mol. The van der Waals surface area contributed by atoms with E-state index in [2.05, 4.69) is 415 Å². The molecule has 10 rings (SSSR count). The molecule has 0 radical (unpaired) electrons. The largest absolute Gasteiger partial charge is 0.462 e. The minimum atomic E-state index is -0.223. The Kier molecular flexibility index (Phi) is 46.8. The van der Waals surface area contributed by atoms with E-state index in [1.165, 1.54) is 92.4 Å². The van der Waals surface area contributed by atoms with Gasteiger partial charge < -0.3 is 39.1 Å². The molecule has 0 aromatic heterocycles. The van der Waals surface area contributed by atoms with Crippen LogP contribution in [-0.4, -0.2) is 130 Å². The number of piperidine rings is 4. The van der Waals surface area contributed by atoms with Crippen LogP contribution >= 0.6 is 0 Å². The molecule has 0 amide bonds. The summed E-state index contributed by atoms with van der Waals surface area (Å²) in [5.74, 6) is 1.94. The Balaban J connectivity index is 0.000000316. The molecule has 146 heavy (non-hydrogen) atoms. The first-order chi connectivity index (χ1) is 66.1. The lowest BCUT2D eigenvalue weighted by Gasteiger charge is -2.53. The number of carbonyl (C=O) groups excluding carboxylic acids is 4. The van der Waals surface area contributed by atoms with Crippen LogP contribution in [-0.2, 0) is 90.9 Å². The molecule has 1 saturated carbocycles. The number of ether oxygens (including phenoxy) is 6. The number of rotatable bonds is 24. The van der Waals surface area contributed by atoms with Crippen molar-refractivity contribution in [1.82, 2.24) is 20.4 Å². The van der Waals surface area contributed by atoms with Gasteiger partial charge in [-0.2, -0.15) is 0 Å². The fourth-order valence-electron chi connectivity index (χ4n) is 25.0. The first kappa shape index (κ1) is 131. The molecule has 1 aliphatic carbocycles. The molecule has 4 aromatic carbocycles. The highest BCUT2D eigenvalue weighted by atomic mass is 16.7. The highest BCUT2D eigenvalue weighted by Crippen LogP contribution is 2.47. The molecule has 0 atom stereocenters. The van der Waals surface area contributed by atoms with Crippen molar-refractivity contribution in [1.29, 1.82) is 0 Å². The minimum absolute atomic E-state index is 0.000484. The van der Waals surface area contributed by atoms with E-state index in [1.807, 2.05) is 0 Å². The highest BCUT2D eigenvalue weighted by Gasteiger charge is 2.48. The van der Waals surface area contributed by atoms with Crippen LogP contribution in [0.15, 0.2) is 48.5 Å². The number of nitrogens with zero attached hydrogens (tertiary/aromatic N) is 2. The Morgan fingerprint density at radius 2 is 0.479 bits per heavy atom. The van der Waals surface area contributed by atoms with E-state index >= 15 is 0 Å². The normalized spacial score (nSPS) is 21.5. The number of aryl methyl sites for hydroxylation is 2. The standard InChI is InChI=1S/C30H56N2O4.C28H52N2O4.C22H36.C20H32O2.2C16H26/c1-27(2)19-23(20-28(3,4)31(27)9)35-25(33)17-15-13-11-12-14-16-18-26(34)36-24-21-29(5,6)32(10)30(7,8)22-24;1-25(2)17-21(18-26(3,4)29-25)33-23(31)15-13-11-9-10-12-14-16-24(32)34-22-19-27(5,6)30-28(7,8)20-22;1-15-9-11-17(12-10-15)18-13-19(21(3,4)5)16(2)20(14-18)22(6,7)8;1-13-11-21-18(22-12-13)15-9-16(19(3,4)5)14(2)17(10-15)20(6,7)8;2*1-11-9-13(15(3,4)5)12(2)14(10-11)16(6,7)8/h23-24H,11-22H2,1-10H3;21-22,29-30H,9-20H2,1-8H3;13-15,17H,9-12H2,1-8H3;9-10,13,18H,11-12H2,1-8H3;2*9-10H,1-8H3. The molecule has 14 heteroatoms. The van der Waals surface area contributed by atoms with Crippen LogP contribution < -0.4 is 10.6 Å². The average molecular weight is 2030 g/mol. The molecule has 4 aromatic rings. The second-order valence-electron chi connectivity index (χ2n) is 60.0. The van der Waals surface area contributed by atoms with Crippen molar-refractivity contribution in [2.45, 2.75) is 636 Å². The van der Waals surface area contributed by atoms with Crippen molar-refractivity contribution >= 4 is 23.9 Å². The van der Waals surface area contributed by atoms with Gasteiger partial charge in [0.1, 0.15) is 24.4 Å². The first-order valence-electron chi connectivity index (χ1n) is 57.7. The third-order valence-electron chi connectivity index (χ3n) is 32.3. The van der Waals surface area contributed by atoms with Crippen LogP contribution in [0.3, 0.4) is 0 Å². The van der Waals surface area contributed by atoms with Gasteiger partial charge in [-0.15, -0.1) is 0 Å². The molecular weight excluding hydrogens is 1800 g/mol. The number of esters is 4. The first-order valence-corrected chi connectivity index (χ1v) is 57.7. The van der Waals surface area contributed by atoms with E-state index in [9.17, 15) is 19.2 Å². The quantitative estimate of drug-likeness (QED) is 0.0388. The number of likely N-dealkylation sites (tertiary alicyclic amines) is 2. The summed E-state index contributed by atoms with van der Waals surface area (Å²) in [4.78, 5) is 54.2. The van der Waals surface area contributed by atoms with Gasteiger partial charge in [-0.3, -0.25) is 29.0 Å². The van der Waals surface area contributed by atoms with Crippen LogP contribution in [0.25, 0.3) is 0 Å². The Hall–Kier alpha value is -5.48. The molecule has 2 N–H and O–H groups in total. The summed E-state index contributed by atoms with van der Waals surface area (Å²) in [7, 11) is 4.33. The Morgan fingerprint density at radius 1 is 0.288 bits per heavy atom. The van der Waals surface area contributed by atoms with Crippen molar-refractivity contribution in [2.24, 2.45) is 11.8 Å². The topological polar surface area (TPSA) is 154 Å². The average Bonchev–Trinajstić information content (AvgIpc) is 0.783. The predicted molar refractivity (Wildman–Crippen MR) is 623 cm³/mol. The van der Waals surface area contributed by atoms with Crippen LogP contribution in [0, 0.1) is 53.4 Å². The van der Waals surface area contributed by atoms with Crippen molar-refractivity contribution in [3.63, 3.8) is 0 Å². The molecule has 6 fully saturated rings. The fraction of sp³-hybridized carbons (Fsp3) is 0.788. The summed E-state index contributed by atoms with van der Waals surface area (Å²) in [6, 6.07) is 19.0. The number of hydrogen-bond donors (Lipinski definition) is 2. The van der Waals surface area contributed by atoms with Crippen molar-refractivity contribution < 1.29 is 47.6 Å². The molecule has 836 valence electrons. The lowest BCUT2D eigenvalue weighted by molar-refractivity contribution is -0.202. The Bertz CT molecular complexity index is 4270. The Morgan fingerprint density at radius 3 is 0.692 bits per heavy atom. The number of nitrogens with one attached hydrogen (secondary N) is 2. The molecule has 5 saturated heterocycles. The SMILES string of the molecule is CC1(C)CC(OC(=O)CCCCCCCCC(=O)OC2CC(C)(C)NC(C)(C)C2)CC(C)(C)N1.CN1C(C)(C)CC(OC(=O)CCCCCCCCC(=O)OC2CC(C)(C)N(C)C(C)(C)C2)CC1(C)C.Cc1c(C(C)(C)C)cc(C2CCC(C)CC2)cc1C(C)(C)C.Cc1c(C(C)(C)C)cc(C2OCC(C)CO2)cc1C(C)(C)C.Cc1cc(C(C)(C)C)c(C)c(C(C)(C)C)c1.Cc1cc(C(C)(C)C)c(C)c(C(C)(C)C)c1. The molecule has 5 heterocycles. The molecule has 5 aliphatic heterocycles. The van der Waals surface area contributed by atoms with Crippen molar-refractivity contribution in [3.05, 3.63) is 138 Å². The zero-order chi connectivity index (χ0) is 112. The van der Waals surface area contributed by atoms with Crippen LogP contribution in [0.1, 0.15) is 572 Å². The number of carbonyl (C=O) groups is 4. The van der Waals surface area contributed by atoms with E-state index in [-0.39, 0.29) is 142 Å². The summed E-state index contributed by atoms with van der Waals surface area (Å²) in [6.07, 6.45) is 26.3. The summed E-state index contributed by atoms with van der Waals surface area (Å²) < 4.78 is 35.1. The van der Waals surface area contributed by atoms with Crippen molar-refractivity contribution in [2.75, 3.05) is 27.3 Å². The van der Waals surface area contributed by atoms with Gasteiger partial charge in [-0.1, -0.05) is 292 Å².